The van der Waals surface area contributed by atoms with Crippen LogP contribution in [0.25, 0.3) is 0 Å². The molecule has 140 valence electrons. The lowest BCUT2D eigenvalue weighted by atomic mass is 10.1. The molecule has 0 saturated heterocycles. The molecule has 0 spiro atoms. The van der Waals surface area contributed by atoms with Crippen LogP contribution in [0.3, 0.4) is 0 Å². The number of carbonyl (C=O) groups is 1. The van der Waals surface area contributed by atoms with Crippen LogP contribution in [0.1, 0.15) is 43.1 Å². The molecule has 0 aliphatic carbocycles. The fourth-order valence-electron chi connectivity index (χ4n) is 2.45. The normalized spacial score (nSPS) is 12.4. The van der Waals surface area contributed by atoms with Gasteiger partial charge in [-0.1, -0.05) is 37.3 Å². The molecule has 0 heterocycles. The van der Waals surface area contributed by atoms with E-state index in [9.17, 15) is 13.2 Å². The molecule has 0 N–H and O–H groups in total. The molecule has 0 radical (unpaired) electrons. The van der Waals surface area contributed by atoms with Crippen molar-refractivity contribution in [1.29, 1.82) is 0 Å². The minimum Gasteiger partial charge on any atom is -0.382 e. The molecule has 0 unspecified atom stereocenters. The summed E-state index contributed by atoms with van der Waals surface area (Å²) in [5.74, 6) is 0.177. The maximum atomic E-state index is 12.9. The van der Waals surface area contributed by atoms with E-state index in [4.69, 9.17) is 4.18 Å². The van der Waals surface area contributed by atoms with Gasteiger partial charge < -0.3 is 9.08 Å². The largest absolute Gasteiger partial charge is 0.382 e. The first-order chi connectivity index (χ1) is 12.4. The zero-order valence-corrected chi connectivity index (χ0v) is 16.2. The summed E-state index contributed by atoms with van der Waals surface area (Å²) in [6, 6.07) is 16.1. The standard InChI is InChI=1S/C20H25NO4S/c1-4-16(3)21(20(22)18-9-7-6-8-10-18)15-17-11-13-19(14-12-17)25-26(23,24)5-2/h6-14,16H,4-5,15H2,1-3H3/t16-/m0/s1. The van der Waals surface area contributed by atoms with Gasteiger partial charge in [0.05, 0.1) is 5.75 Å². The van der Waals surface area contributed by atoms with E-state index in [1.807, 2.05) is 49.1 Å². The molecule has 0 aliphatic heterocycles. The van der Waals surface area contributed by atoms with Gasteiger partial charge in [0.25, 0.3) is 5.91 Å². The Balaban J connectivity index is 2.17. The number of rotatable bonds is 8. The summed E-state index contributed by atoms with van der Waals surface area (Å²) in [6.45, 7) is 6.04. The second kappa shape index (κ2) is 8.85. The summed E-state index contributed by atoms with van der Waals surface area (Å²) in [7, 11) is -3.54. The van der Waals surface area contributed by atoms with Gasteiger partial charge in [0.15, 0.2) is 0 Å². The fourth-order valence-corrected chi connectivity index (χ4v) is 2.97. The van der Waals surface area contributed by atoms with E-state index >= 15 is 0 Å². The van der Waals surface area contributed by atoms with Crippen molar-refractivity contribution in [3.63, 3.8) is 0 Å². The molecule has 1 amide bonds. The molecular formula is C20H25NO4S. The topological polar surface area (TPSA) is 63.7 Å². The quantitative estimate of drug-likeness (QED) is 0.657. The molecule has 5 nitrogen and oxygen atoms in total. The Hall–Kier alpha value is -2.34. The molecule has 0 saturated carbocycles. The number of carbonyl (C=O) groups excluding carboxylic acids is 1. The smallest absolute Gasteiger partial charge is 0.308 e. The van der Waals surface area contributed by atoms with Crippen molar-refractivity contribution >= 4 is 16.0 Å². The van der Waals surface area contributed by atoms with Gasteiger partial charge in [-0.15, -0.1) is 0 Å². The lowest BCUT2D eigenvalue weighted by Crippen LogP contribution is -2.37. The van der Waals surface area contributed by atoms with E-state index in [0.717, 1.165) is 12.0 Å². The number of hydrogen-bond donors (Lipinski definition) is 0. The molecule has 2 rings (SSSR count). The Kier molecular flexibility index (Phi) is 6.80. The van der Waals surface area contributed by atoms with E-state index in [-0.39, 0.29) is 23.5 Å². The first kappa shape index (κ1) is 20.0. The number of hydrogen-bond acceptors (Lipinski definition) is 4. The Bertz CT molecular complexity index is 817. The number of amides is 1. The second-order valence-corrected chi connectivity index (χ2v) is 7.99. The maximum Gasteiger partial charge on any atom is 0.308 e. The summed E-state index contributed by atoms with van der Waals surface area (Å²) >= 11 is 0. The highest BCUT2D eigenvalue weighted by atomic mass is 32.2. The average molecular weight is 375 g/mol. The van der Waals surface area contributed by atoms with E-state index < -0.39 is 10.1 Å². The summed E-state index contributed by atoms with van der Waals surface area (Å²) in [5.41, 5.74) is 1.57. The highest BCUT2D eigenvalue weighted by Crippen LogP contribution is 2.19. The number of benzene rings is 2. The van der Waals surface area contributed by atoms with Crippen molar-refractivity contribution < 1.29 is 17.4 Å². The maximum absolute atomic E-state index is 12.9. The van der Waals surface area contributed by atoms with Crippen LogP contribution in [0.4, 0.5) is 0 Å². The molecule has 1 atom stereocenters. The Morgan fingerprint density at radius 1 is 1.04 bits per heavy atom. The van der Waals surface area contributed by atoms with E-state index in [0.29, 0.717) is 12.1 Å². The van der Waals surface area contributed by atoms with Gasteiger partial charge in [0.2, 0.25) is 0 Å². The Labute approximate surface area is 155 Å². The monoisotopic (exact) mass is 375 g/mol. The van der Waals surface area contributed by atoms with Gasteiger partial charge in [0, 0.05) is 18.2 Å². The first-order valence-corrected chi connectivity index (χ1v) is 10.3. The van der Waals surface area contributed by atoms with Crippen LogP contribution in [0, 0.1) is 0 Å². The van der Waals surface area contributed by atoms with Crippen LogP contribution in [0.5, 0.6) is 5.75 Å². The van der Waals surface area contributed by atoms with Crippen LogP contribution in [0.2, 0.25) is 0 Å². The summed E-state index contributed by atoms with van der Waals surface area (Å²) in [5, 5.41) is 0. The molecule has 0 bridgehead atoms. The zero-order chi connectivity index (χ0) is 19.2. The lowest BCUT2D eigenvalue weighted by Gasteiger charge is -2.29. The summed E-state index contributed by atoms with van der Waals surface area (Å²) < 4.78 is 28.0. The molecule has 0 fully saturated rings. The van der Waals surface area contributed by atoms with E-state index in [2.05, 4.69) is 0 Å². The van der Waals surface area contributed by atoms with Crippen LogP contribution >= 0.6 is 0 Å². The molecular weight excluding hydrogens is 350 g/mol. The minimum atomic E-state index is -3.54. The van der Waals surface area contributed by atoms with Crippen LogP contribution in [-0.4, -0.2) is 31.0 Å². The highest BCUT2D eigenvalue weighted by molar-refractivity contribution is 7.87. The highest BCUT2D eigenvalue weighted by Gasteiger charge is 2.20. The van der Waals surface area contributed by atoms with Gasteiger partial charge in [-0.3, -0.25) is 4.79 Å². The second-order valence-electron chi connectivity index (χ2n) is 6.13. The molecule has 26 heavy (non-hydrogen) atoms. The number of nitrogens with zero attached hydrogens (tertiary/aromatic N) is 1. The van der Waals surface area contributed by atoms with Crippen LogP contribution < -0.4 is 4.18 Å². The van der Waals surface area contributed by atoms with Gasteiger partial charge in [0.1, 0.15) is 5.75 Å². The molecule has 0 aromatic heterocycles. The van der Waals surface area contributed by atoms with Crippen molar-refractivity contribution in [2.75, 3.05) is 5.75 Å². The van der Waals surface area contributed by atoms with E-state index in [1.54, 1.807) is 24.3 Å². The zero-order valence-electron chi connectivity index (χ0n) is 15.4. The van der Waals surface area contributed by atoms with Crippen molar-refractivity contribution in [3.05, 3.63) is 65.7 Å². The third kappa shape index (κ3) is 5.33. The van der Waals surface area contributed by atoms with Crippen LogP contribution in [-0.2, 0) is 16.7 Å². The van der Waals surface area contributed by atoms with Crippen molar-refractivity contribution in [2.45, 2.75) is 39.8 Å². The lowest BCUT2D eigenvalue weighted by molar-refractivity contribution is 0.0671. The van der Waals surface area contributed by atoms with Gasteiger partial charge in [-0.25, -0.2) is 0 Å². The van der Waals surface area contributed by atoms with Gasteiger partial charge in [-0.2, -0.15) is 8.42 Å². The third-order valence-corrected chi connectivity index (χ3v) is 5.41. The van der Waals surface area contributed by atoms with Crippen molar-refractivity contribution in [1.82, 2.24) is 4.90 Å². The summed E-state index contributed by atoms with van der Waals surface area (Å²) in [6.07, 6.45) is 0.842. The van der Waals surface area contributed by atoms with Gasteiger partial charge in [-0.05, 0) is 50.1 Å². The Morgan fingerprint density at radius 2 is 1.65 bits per heavy atom. The molecule has 2 aromatic carbocycles. The van der Waals surface area contributed by atoms with Crippen LogP contribution in [0.15, 0.2) is 54.6 Å². The third-order valence-electron chi connectivity index (χ3n) is 4.26. The van der Waals surface area contributed by atoms with Crippen molar-refractivity contribution in [2.24, 2.45) is 0 Å². The van der Waals surface area contributed by atoms with Crippen molar-refractivity contribution in [3.8, 4) is 5.75 Å². The minimum absolute atomic E-state index is 0.0196. The van der Waals surface area contributed by atoms with E-state index in [1.165, 1.54) is 6.92 Å². The molecule has 6 heteroatoms. The van der Waals surface area contributed by atoms with Gasteiger partial charge >= 0.3 is 10.1 Å². The average Bonchev–Trinajstić information content (AvgIpc) is 2.66. The predicted molar refractivity (Wildman–Crippen MR) is 103 cm³/mol. The molecule has 2 aromatic rings. The Morgan fingerprint density at radius 3 is 2.19 bits per heavy atom. The fraction of sp³-hybridized carbons (Fsp3) is 0.350. The first-order valence-electron chi connectivity index (χ1n) is 8.73. The molecule has 0 aliphatic rings. The summed E-state index contributed by atoms with van der Waals surface area (Å²) in [4.78, 5) is 14.7. The SMILES string of the molecule is CC[C@H](C)N(Cc1ccc(OS(=O)(=O)CC)cc1)C(=O)c1ccccc1. The predicted octanol–water partition coefficient (Wildman–Crippen LogP) is 3.86.